The first-order valence-electron chi connectivity index (χ1n) is 6.81. The zero-order valence-electron chi connectivity index (χ0n) is 10.8. The summed E-state index contributed by atoms with van der Waals surface area (Å²) in [6, 6.07) is 12.9. The molecule has 1 nitrogen and oxygen atoms in total. The van der Waals surface area contributed by atoms with Crippen LogP contribution >= 0.6 is 11.3 Å². The lowest BCUT2D eigenvalue weighted by molar-refractivity contribution is 1.29. The molecule has 0 saturated carbocycles. The van der Waals surface area contributed by atoms with Crippen LogP contribution in [-0.4, -0.2) is 0 Å². The largest absolute Gasteiger partial charge is 0.248 e. The van der Waals surface area contributed by atoms with Crippen LogP contribution in [-0.2, 0) is 6.42 Å². The van der Waals surface area contributed by atoms with Crippen molar-refractivity contribution in [3.05, 3.63) is 64.0 Å². The molecule has 0 unspecified atom stereocenters. The summed E-state index contributed by atoms with van der Waals surface area (Å²) >= 11 is 1.90. The number of para-hydroxylation sites is 1. The van der Waals surface area contributed by atoms with Gasteiger partial charge >= 0.3 is 0 Å². The Hall–Kier alpha value is -2.19. The predicted octanol–water partition coefficient (Wildman–Crippen LogP) is 3.73. The Morgan fingerprint density at radius 1 is 1.05 bits per heavy atom. The van der Waals surface area contributed by atoms with E-state index in [1.165, 1.54) is 31.3 Å². The maximum Gasteiger partial charge on any atom is 0.0731 e. The van der Waals surface area contributed by atoms with Crippen LogP contribution in [0, 0.1) is 0 Å². The molecule has 0 radical (unpaired) electrons. The molecule has 0 atom stereocenters. The Morgan fingerprint density at radius 2 is 2.00 bits per heavy atom. The van der Waals surface area contributed by atoms with Gasteiger partial charge in [0.2, 0.25) is 0 Å². The van der Waals surface area contributed by atoms with Gasteiger partial charge in [0, 0.05) is 20.4 Å². The molecule has 0 saturated heterocycles. The topological polar surface area (TPSA) is 12.4 Å². The van der Waals surface area contributed by atoms with Gasteiger partial charge in [0.25, 0.3) is 0 Å². The summed E-state index contributed by atoms with van der Waals surface area (Å²) in [5.41, 5.74) is 5.17. The van der Waals surface area contributed by atoms with Crippen molar-refractivity contribution in [2.45, 2.75) is 6.42 Å². The fraction of sp³-hybridized carbons (Fsp3) is 0.0556. The lowest BCUT2D eigenvalue weighted by Crippen LogP contribution is -2.03. The highest BCUT2D eigenvalue weighted by molar-refractivity contribution is 7.18. The summed E-state index contributed by atoms with van der Waals surface area (Å²) in [5.74, 6) is 0. The molecule has 0 spiro atoms. The van der Waals surface area contributed by atoms with Crippen molar-refractivity contribution in [2.24, 2.45) is 4.99 Å². The average Bonchev–Trinajstić information content (AvgIpc) is 3.04. The molecule has 1 aromatic heterocycles. The number of thiophene rings is 1. The summed E-state index contributed by atoms with van der Waals surface area (Å²) in [5, 5.41) is 2.52. The lowest BCUT2D eigenvalue weighted by Gasteiger charge is -2.01. The molecule has 3 aromatic rings. The second kappa shape index (κ2) is 3.68. The summed E-state index contributed by atoms with van der Waals surface area (Å²) in [6.07, 6.45) is 7.67. The number of allylic oxidation sites excluding steroid dienone is 2. The van der Waals surface area contributed by atoms with Crippen LogP contribution in [0.25, 0.3) is 27.3 Å². The second-order valence-corrected chi connectivity index (χ2v) is 6.26. The lowest BCUT2D eigenvalue weighted by atomic mass is 10.0. The average molecular weight is 273 g/mol. The minimum absolute atomic E-state index is 1.05. The monoisotopic (exact) mass is 273 g/mol. The van der Waals surface area contributed by atoms with E-state index in [0.717, 1.165) is 17.5 Å². The molecule has 2 heterocycles. The van der Waals surface area contributed by atoms with E-state index in [1.807, 2.05) is 11.3 Å². The number of hydrogen-bond acceptors (Lipinski definition) is 2. The van der Waals surface area contributed by atoms with Gasteiger partial charge in [0.15, 0.2) is 0 Å². The molecular weight excluding hydrogens is 262 g/mol. The van der Waals surface area contributed by atoms with Crippen LogP contribution in [0.4, 0.5) is 5.69 Å². The van der Waals surface area contributed by atoms with Crippen LogP contribution in [0.3, 0.4) is 0 Å². The maximum atomic E-state index is 4.75. The number of rotatable bonds is 0. The van der Waals surface area contributed by atoms with Gasteiger partial charge < -0.3 is 0 Å². The Bertz CT molecular complexity index is 1020. The van der Waals surface area contributed by atoms with Crippen LogP contribution in [0.1, 0.15) is 5.56 Å². The molecule has 0 N–H and O–H groups in total. The smallest absolute Gasteiger partial charge is 0.0731 e. The van der Waals surface area contributed by atoms with Crippen LogP contribution in [0.2, 0.25) is 0 Å². The Morgan fingerprint density at radius 3 is 3.00 bits per heavy atom. The van der Waals surface area contributed by atoms with Crippen LogP contribution < -0.4 is 9.89 Å². The van der Waals surface area contributed by atoms with Gasteiger partial charge in [-0.3, -0.25) is 0 Å². The summed E-state index contributed by atoms with van der Waals surface area (Å²) in [6.45, 7) is 0. The highest BCUT2D eigenvalue weighted by Gasteiger charge is 2.19. The number of hydrogen-bond donors (Lipinski definition) is 0. The summed E-state index contributed by atoms with van der Waals surface area (Å²) in [7, 11) is 0. The fourth-order valence-corrected chi connectivity index (χ4v) is 4.47. The van der Waals surface area contributed by atoms with E-state index < -0.39 is 0 Å². The van der Waals surface area contributed by atoms with Gasteiger partial charge in [0.05, 0.1) is 11.0 Å². The third kappa shape index (κ3) is 1.24. The van der Waals surface area contributed by atoms with Crippen molar-refractivity contribution < 1.29 is 0 Å². The van der Waals surface area contributed by atoms with Crippen molar-refractivity contribution in [1.29, 1.82) is 0 Å². The van der Waals surface area contributed by atoms with Crippen LogP contribution in [0.5, 0.6) is 0 Å². The molecule has 0 bridgehead atoms. The van der Waals surface area contributed by atoms with E-state index in [2.05, 4.69) is 54.6 Å². The molecule has 20 heavy (non-hydrogen) atoms. The summed E-state index contributed by atoms with van der Waals surface area (Å²) < 4.78 is 2.79. The van der Waals surface area contributed by atoms with Crippen molar-refractivity contribution >= 4 is 33.2 Å². The van der Waals surface area contributed by atoms with Crippen molar-refractivity contribution in [2.75, 3.05) is 0 Å². The first-order chi connectivity index (χ1) is 9.92. The van der Waals surface area contributed by atoms with E-state index in [0.29, 0.717) is 0 Å². The number of fused-ring (bicyclic) bond motifs is 7. The minimum atomic E-state index is 1.05. The normalized spacial score (nSPS) is 14.4. The third-order valence-electron chi connectivity index (χ3n) is 4.09. The molecule has 1 aliphatic heterocycles. The Labute approximate surface area is 120 Å². The Kier molecular flexibility index (Phi) is 1.94. The molecule has 0 amide bonds. The van der Waals surface area contributed by atoms with Crippen molar-refractivity contribution in [3.8, 4) is 11.1 Å². The second-order valence-electron chi connectivity index (χ2n) is 5.21. The van der Waals surface area contributed by atoms with Gasteiger partial charge in [0.1, 0.15) is 0 Å². The van der Waals surface area contributed by atoms with E-state index in [4.69, 9.17) is 4.99 Å². The van der Waals surface area contributed by atoms with E-state index in [9.17, 15) is 0 Å². The van der Waals surface area contributed by atoms with Gasteiger partial charge in [-0.1, -0.05) is 36.4 Å². The standard InChI is InChI=1S/C18H11NS/c1-3-7-14-13(6-1)17-15(19-14)10-9-12-11-5-2-4-8-16(11)20-18(12)17/h1-4,6-10H,5H2. The van der Waals surface area contributed by atoms with Gasteiger partial charge in [-0.2, -0.15) is 0 Å². The first kappa shape index (κ1) is 10.6. The molecule has 2 heteroatoms. The first-order valence-corrected chi connectivity index (χ1v) is 7.63. The van der Waals surface area contributed by atoms with E-state index in [1.54, 1.807) is 0 Å². The fourth-order valence-electron chi connectivity index (χ4n) is 3.17. The maximum absolute atomic E-state index is 4.75. The molecule has 2 aliphatic rings. The zero-order valence-corrected chi connectivity index (χ0v) is 11.6. The van der Waals surface area contributed by atoms with Gasteiger partial charge in [-0.05, 0) is 35.6 Å². The predicted molar refractivity (Wildman–Crippen MR) is 85.0 cm³/mol. The number of benzene rings is 2. The third-order valence-corrected chi connectivity index (χ3v) is 5.32. The van der Waals surface area contributed by atoms with E-state index in [-0.39, 0.29) is 0 Å². The van der Waals surface area contributed by atoms with E-state index >= 15 is 0 Å². The number of nitrogens with zero attached hydrogens (tertiary/aromatic N) is 1. The molecule has 94 valence electrons. The highest BCUT2D eigenvalue weighted by Crippen LogP contribution is 2.38. The van der Waals surface area contributed by atoms with Gasteiger partial charge in [-0.15, -0.1) is 11.3 Å². The highest BCUT2D eigenvalue weighted by atomic mass is 32.1. The van der Waals surface area contributed by atoms with Gasteiger partial charge in [-0.25, -0.2) is 4.99 Å². The molecule has 2 aromatic carbocycles. The summed E-state index contributed by atoms with van der Waals surface area (Å²) in [4.78, 5) is 4.75. The zero-order chi connectivity index (χ0) is 13.1. The Balaban J connectivity index is 1.98. The van der Waals surface area contributed by atoms with Crippen molar-refractivity contribution in [1.82, 2.24) is 0 Å². The molecule has 5 rings (SSSR count). The molecule has 1 aliphatic carbocycles. The SMILES string of the molecule is C1=CCc2c(sc3c4c(ccc23)=Nc2ccccc2-4)=C1. The quantitative estimate of drug-likeness (QED) is 0.463. The van der Waals surface area contributed by atoms with Crippen molar-refractivity contribution in [3.63, 3.8) is 0 Å². The molecular formula is C18H11NS. The minimum Gasteiger partial charge on any atom is -0.248 e. The van der Waals surface area contributed by atoms with Crippen LogP contribution in [0.15, 0.2) is 53.5 Å². The molecule has 0 fully saturated rings.